The monoisotopic (exact) mass is 331 g/mol. The second-order valence-electron chi connectivity index (χ2n) is 5.87. The fourth-order valence-electron chi connectivity index (χ4n) is 3.12. The average molecular weight is 331 g/mol. The van der Waals surface area contributed by atoms with Gasteiger partial charge in [0.1, 0.15) is 5.75 Å². The van der Waals surface area contributed by atoms with E-state index in [9.17, 15) is 4.79 Å². The number of para-hydroxylation sites is 1. The molecule has 124 valence electrons. The number of pyridine rings is 1. The van der Waals surface area contributed by atoms with Crippen LogP contribution in [0.15, 0.2) is 54.7 Å². The Morgan fingerprint density at radius 2 is 2.00 bits per heavy atom. The smallest absolute Gasteiger partial charge is 0.258 e. The fraction of sp³-hybridized carbons (Fsp3) is 0.100. The molecule has 0 aliphatic rings. The number of H-pyrrole nitrogens is 1. The minimum absolute atomic E-state index is 0.171. The maximum atomic E-state index is 13.0. The molecule has 25 heavy (non-hydrogen) atoms. The van der Waals surface area contributed by atoms with E-state index >= 15 is 0 Å². The molecule has 0 atom stereocenters. The van der Waals surface area contributed by atoms with Gasteiger partial charge in [0.15, 0.2) is 0 Å². The van der Waals surface area contributed by atoms with Gasteiger partial charge in [0.05, 0.1) is 23.9 Å². The van der Waals surface area contributed by atoms with E-state index in [1.807, 2.05) is 55.5 Å². The molecule has 0 radical (unpaired) electrons. The summed E-state index contributed by atoms with van der Waals surface area (Å²) in [6.45, 7) is 1.89. The van der Waals surface area contributed by atoms with Crippen molar-refractivity contribution in [1.29, 1.82) is 0 Å². The van der Waals surface area contributed by atoms with Gasteiger partial charge in [-0.2, -0.15) is 0 Å². The van der Waals surface area contributed by atoms with E-state index in [0.717, 1.165) is 27.5 Å². The minimum atomic E-state index is -0.171. The number of benzene rings is 2. The summed E-state index contributed by atoms with van der Waals surface area (Å²) in [5.41, 5.74) is 3.79. The number of ether oxygens (including phenoxy) is 1. The Kier molecular flexibility index (Phi) is 3.61. The topological polar surface area (TPSA) is 67.0 Å². The van der Waals surface area contributed by atoms with E-state index in [1.165, 1.54) is 0 Å². The summed E-state index contributed by atoms with van der Waals surface area (Å²) in [4.78, 5) is 20.6. The number of aromatic nitrogens is 2. The molecule has 2 aromatic heterocycles. The Balaban J connectivity index is 1.78. The number of fused-ring (bicyclic) bond motifs is 2. The van der Waals surface area contributed by atoms with Gasteiger partial charge in [0.2, 0.25) is 0 Å². The molecule has 5 heteroatoms. The summed E-state index contributed by atoms with van der Waals surface area (Å²) in [6.07, 6.45) is 1.72. The number of methoxy groups -OCH3 is 1. The van der Waals surface area contributed by atoms with Crippen molar-refractivity contribution >= 4 is 33.4 Å². The van der Waals surface area contributed by atoms with Crippen LogP contribution in [0.4, 0.5) is 5.69 Å². The molecule has 0 spiro atoms. The number of hydrogen-bond donors (Lipinski definition) is 2. The summed E-state index contributed by atoms with van der Waals surface area (Å²) in [6, 6.07) is 15.2. The first-order valence-electron chi connectivity index (χ1n) is 7.99. The van der Waals surface area contributed by atoms with Crippen LogP contribution in [0, 0.1) is 6.92 Å². The molecule has 0 fully saturated rings. The van der Waals surface area contributed by atoms with E-state index in [4.69, 9.17) is 4.74 Å². The highest BCUT2D eigenvalue weighted by Gasteiger charge is 2.17. The molecule has 4 rings (SSSR count). The van der Waals surface area contributed by atoms with Crippen molar-refractivity contribution in [2.24, 2.45) is 0 Å². The van der Waals surface area contributed by atoms with Crippen LogP contribution in [0.2, 0.25) is 0 Å². The molecule has 5 nitrogen and oxygen atoms in total. The van der Waals surface area contributed by atoms with Crippen LogP contribution in [-0.4, -0.2) is 23.0 Å². The molecule has 4 aromatic rings. The van der Waals surface area contributed by atoms with Gasteiger partial charge in [0, 0.05) is 28.2 Å². The molecule has 1 amide bonds. The number of aryl methyl sites for hydroxylation is 1. The zero-order valence-corrected chi connectivity index (χ0v) is 14.0. The van der Waals surface area contributed by atoms with Crippen LogP contribution >= 0.6 is 0 Å². The summed E-state index contributed by atoms with van der Waals surface area (Å²) < 4.78 is 5.29. The number of hydrogen-bond acceptors (Lipinski definition) is 3. The van der Waals surface area contributed by atoms with Crippen molar-refractivity contribution in [2.45, 2.75) is 6.92 Å². The van der Waals surface area contributed by atoms with Gasteiger partial charge >= 0.3 is 0 Å². The average Bonchev–Trinajstić information content (AvgIpc) is 2.96. The lowest BCUT2D eigenvalue weighted by Crippen LogP contribution is -2.13. The first-order valence-corrected chi connectivity index (χ1v) is 7.99. The third kappa shape index (κ3) is 2.59. The van der Waals surface area contributed by atoms with Gasteiger partial charge in [-0.25, -0.2) is 0 Å². The summed E-state index contributed by atoms with van der Waals surface area (Å²) >= 11 is 0. The van der Waals surface area contributed by atoms with Crippen LogP contribution in [0.25, 0.3) is 21.8 Å². The molecular formula is C20H17N3O2. The van der Waals surface area contributed by atoms with Crippen molar-refractivity contribution in [1.82, 2.24) is 9.97 Å². The maximum absolute atomic E-state index is 13.0. The molecule has 0 bridgehead atoms. The number of anilines is 1. The first-order chi connectivity index (χ1) is 12.2. The Bertz CT molecular complexity index is 1090. The Morgan fingerprint density at radius 3 is 2.84 bits per heavy atom. The van der Waals surface area contributed by atoms with Crippen LogP contribution in [0.1, 0.15) is 16.1 Å². The van der Waals surface area contributed by atoms with Gasteiger partial charge in [-0.1, -0.05) is 18.2 Å². The number of rotatable bonds is 3. The lowest BCUT2D eigenvalue weighted by atomic mass is 10.1. The molecular weight excluding hydrogens is 314 g/mol. The third-order valence-electron chi connectivity index (χ3n) is 4.30. The Hall–Kier alpha value is -3.34. The standard InChI is InChI=1S/C20H17N3O2/c1-12-18(15-11-14(25-2)8-9-16(15)22-12)20(24)23-17-7-3-5-13-6-4-10-21-19(13)17/h3-11,22H,1-2H3,(H,23,24). The van der Waals surface area contributed by atoms with Gasteiger partial charge in [0.25, 0.3) is 5.91 Å². The van der Waals surface area contributed by atoms with Crippen molar-refractivity contribution in [2.75, 3.05) is 12.4 Å². The largest absolute Gasteiger partial charge is 0.497 e. The van der Waals surface area contributed by atoms with E-state index < -0.39 is 0 Å². The van der Waals surface area contributed by atoms with Crippen LogP contribution in [0.5, 0.6) is 5.75 Å². The zero-order valence-electron chi connectivity index (χ0n) is 14.0. The Morgan fingerprint density at radius 1 is 1.16 bits per heavy atom. The third-order valence-corrected chi connectivity index (χ3v) is 4.30. The van der Waals surface area contributed by atoms with E-state index in [0.29, 0.717) is 17.0 Å². The van der Waals surface area contributed by atoms with Crippen LogP contribution in [-0.2, 0) is 0 Å². The highest BCUT2D eigenvalue weighted by atomic mass is 16.5. The first kappa shape index (κ1) is 15.2. The predicted octanol–water partition coefficient (Wildman–Crippen LogP) is 4.29. The van der Waals surface area contributed by atoms with Gasteiger partial charge < -0.3 is 15.0 Å². The van der Waals surface area contributed by atoms with Gasteiger partial charge in [-0.15, -0.1) is 0 Å². The van der Waals surface area contributed by atoms with Crippen LogP contribution < -0.4 is 10.1 Å². The van der Waals surface area contributed by atoms with E-state index in [1.54, 1.807) is 13.3 Å². The van der Waals surface area contributed by atoms with E-state index in [2.05, 4.69) is 15.3 Å². The quantitative estimate of drug-likeness (QED) is 0.588. The summed E-state index contributed by atoms with van der Waals surface area (Å²) in [5.74, 6) is 0.544. The lowest BCUT2D eigenvalue weighted by molar-refractivity contribution is 0.102. The lowest BCUT2D eigenvalue weighted by Gasteiger charge is -2.08. The SMILES string of the molecule is COc1ccc2[nH]c(C)c(C(=O)Nc3cccc4cccnc34)c2c1. The van der Waals surface area contributed by atoms with Crippen molar-refractivity contribution < 1.29 is 9.53 Å². The maximum Gasteiger partial charge on any atom is 0.258 e. The molecule has 2 heterocycles. The normalized spacial score (nSPS) is 11.0. The highest BCUT2D eigenvalue weighted by Crippen LogP contribution is 2.28. The Labute approximate surface area is 144 Å². The minimum Gasteiger partial charge on any atom is -0.497 e. The molecule has 0 saturated heterocycles. The molecule has 0 aliphatic carbocycles. The number of carbonyl (C=O) groups excluding carboxylic acids is 1. The summed E-state index contributed by atoms with van der Waals surface area (Å²) in [7, 11) is 1.61. The molecule has 2 aromatic carbocycles. The second kappa shape index (κ2) is 5.94. The summed E-state index contributed by atoms with van der Waals surface area (Å²) in [5, 5.41) is 4.82. The number of aromatic amines is 1. The van der Waals surface area contributed by atoms with E-state index in [-0.39, 0.29) is 5.91 Å². The zero-order chi connectivity index (χ0) is 17.4. The van der Waals surface area contributed by atoms with Gasteiger partial charge in [-0.3, -0.25) is 9.78 Å². The molecule has 2 N–H and O–H groups in total. The number of carbonyl (C=O) groups is 1. The highest BCUT2D eigenvalue weighted by molar-refractivity contribution is 6.15. The van der Waals surface area contributed by atoms with Crippen molar-refractivity contribution in [3.63, 3.8) is 0 Å². The molecule has 0 aliphatic heterocycles. The van der Waals surface area contributed by atoms with Crippen molar-refractivity contribution in [3.8, 4) is 5.75 Å². The predicted molar refractivity (Wildman–Crippen MR) is 99.3 cm³/mol. The fourth-order valence-corrected chi connectivity index (χ4v) is 3.12. The molecule has 0 unspecified atom stereocenters. The second-order valence-corrected chi connectivity index (χ2v) is 5.87. The number of nitrogens with zero attached hydrogens (tertiary/aromatic N) is 1. The number of nitrogens with one attached hydrogen (secondary N) is 2. The number of amides is 1. The van der Waals surface area contributed by atoms with Gasteiger partial charge in [-0.05, 0) is 37.3 Å². The molecule has 0 saturated carbocycles. The van der Waals surface area contributed by atoms with Crippen LogP contribution in [0.3, 0.4) is 0 Å². The van der Waals surface area contributed by atoms with Crippen molar-refractivity contribution in [3.05, 3.63) is 66.0 Å².